The van der Waals surface area contributed by atoms with Gasteiger partial charge >= 0.3 is 0 Å². The number of hydrogen-bond acceptors (Lipinski definition) is 7. The first kappa shape index (κ1) is 28.5. The van der Waals surface area contributed by atoms with Gasteiger partial charge in [0.2, 0.25) is 11.6 Å². The molecule has 2 aromatic rings. The van der Waals surface area contributed by atoms with E-state index in [0.29, 0.717) is 40.1 Å². The van der Waals surface area contributed by atoms with Gasteiger partial charge in [-0.25, -0.2) is 9.83 Å². The van der Waals surface area contributed by atoms with Crippen LogP contribution in [0.2, 0.25) is 0 Å². The summed E-state index contributed by atoms with van der Waals surface area (Å²) >= 11 is 1.18. The van der Waals surface area contributed by atoms with Crippen LogP contribution in [0.3, 0.4) is 0 Å². The van der Waals surface area contributed by atoms with Crippen molar-refractivity contribution in [2.75, 3.05) is 38.7 Å². The first-order valence-electron chi connectivity index (χ1n) is 12.5. The molecule has 0 aliphatic carbocycles. The van der Waals surface area contributed by atoms with E-state index in [2.05, 4.69) is 41.6 Å². The normalized spacial score (nSPS) is 15.3. The highest BCUT2D eigenvalue weighted by Gasteiger charge is 2.31. The maximum atomic E-state index is 12.4. The average Bonchev–Trinajstić information content (AvgIpc) is 2.90. The zero-order chi connectivity index (χ0) is 27.2. The van der Waals surface area contributed by atoms with Crippen molar-refractivity contribution in [2.45, 2.75) is 62.0 Å². The van der Waals surface area contributed by atoms with Gasteiger partial charge in [0.25, 0.3) is 0 Å². The zero-order valence-corrected chi connectivity index (χ0v) is 23.1. The van der Waals surface area contributed by atoms with E-state index in [1.807, 2.05) is 37.3 Å². The van der Waals surface area contributed by atoms with Gasteiger partial charge in [-0.2, -0.15) is 5.26 Å². The molecule has 1 aromatic heterocycles. The van der Waals surface area contributed by atoms with Crippen LogP contribution in [0.4, 0.5) is 11.5 Å². The summed E-state index contributed by atoms with van der Waals surface area (Å²) in [4.78, 5) is 25.6. The number of hydrogen-bond donors (Lipinski definition) is 1. The van der Waals surface area contributed by atoms with Crippen LogP contribution in [0.15, 0.2) is 35.4 Å². The van der Waals surface area contributed by atoms with Crippen molar-refractivity contribution < 1.29 is 9.53 Å². The number of nitriles is 1. The monoisotopic (exact) mass is 520 g/mol. The van der Waals surface area contributed by atoms with Gasteiger partial charge < -0.3 is 20.3 Å². The Labute approximate surface area is 224 Å². The molecular weight excluding hydrogens is 484 g/mol. The molecule has 9 heteroatoms. The third-order valence-corrected chi connectivity index (χ3v) is 8.22. The number of carbonyl (C=O) groups is 1. The SMILES string of the molecule is [C-]#[N+]c1c(N2CCC(N(C)CC(C)(C)OC)CC2)nc(SC(C(N)=O)c2ccccc2)c(C#N)c1CC. The minimum atomic E-state index is -0.694. The summed E-state index contributed by atoms with van der Waals surface area (Å²) in [5.41, 5.74) is 7.73. The van der Waals surface area contributed by atoms with E-state index in [9.17, 15) is 10.1 Å². The molecule has 1 amide bonds. The van der Waals surface area contributed by atoms with Gasteiger partial charge in [-0.3, -0.25) is 4.79 Å². The Kier molecular flexibility index (Phi) is 9.56. The molecule has 1 fully saturated rings. The Hall–Kier alpha value is -3.11. The van der Waals surface area contributed by atoms with Gasteiger partial charge in [0.05, 0.1) is 17.7 Å². The molecule has 1 aliphatic heterocycles. The van der Waals surface area contributed by atoms with Gasteiger partial charge in [-0.1, -0.05) is 49.0 Å². The second kappa shape index (κ2) is 12.4. The number of primary amides is 1. The molecule has 1 unspecified atom stereocenters. The van der Waals surface area contributed by atoms with E-state index in [-0.39, 0.29) is 5.60 Å². The van der Waals surface area contributed by atoms with Crippen molar-refractivity contribution in [3.63, 3.8) is 0 Å². The van der Waals surface area contributed by atoms with Crippen molar-refractivity contribution in [1.29, 1.82) is 5.26 Å². The molecular formula is C28H36N6O2S. The third kappa shape index (κ3) is 6.61. The second-order valence-corrected chi connectivity index (χ2v) is 11.0. The molecule has 0 radical (unpaired) electrons. The molecule has 2 N–H and O–H groups in total. The Balaban J connectivity index is 1.94. The summed E-state index contributed by atoms with van der Waals surface area (Å²) in [6.45, 7) is 16.3. The van der Waals surface area contributed by atoms with E-state index in [4.69, 9.17) is 22.0 Å². The Morgan fingerprint density at radius 3 is 2.54 bits per heavy atom. The standard InChI is InChI=1S/C28H36N6O2S/c1-7-21-22(17-29)27(37-24(25(30)35)19-11-9-8-10-12-19)32-26(23(21)31-4)34-15-13-20(14-16-34)33(5)18-28(2,3)36-6/h8-12,20,24H,7,13-16,18H2,1-3,5-6H3,(H2,30,35). The number of rotatable bonds is 10. The first-order valence-corrected chi connectivity index (χ1v) is 13.4. The molecule has 0 saturated carbocycles. The summed E-state index contributed by atoms with van der Waals surface area (Å²) in [5.74, 6) is 0.0848. The van der Waals surface area contributed by atoms with Crippen molar-refractivity contribution in [3.05, 3.63) is 58.4 Å². The van der Waals surface area contributed by atoms with Gasteiger partial charge in [-0.05, 0) is 51.3 Å². The lowest BCUT2D eigenvalue weighted by molar-refractivity contribution is -0.117. The fourth-order valence-electron chi connectivity index (χ4n) is 4.81. The van der Waals surface area contributed by atoms with Crippen molar-refractivity contribution >= 4 is 29.2 Å². The molecule has 8 nitrogen and oxygen atoms in total. The van der Waals surface area contributed by atoms with Crippen molar-refractivity contribution in [2.24, 2.45) is 5.73 Å². The largest absolute Gasteiger partial charge is 0.377 e. The summed E-state index contributed by atoms with van der Waals surface area (Å²) in [7, 11) is 3.86. The molecule has 0 bridgehead atoms. The minimum absolute atomic E-state index is 0.226. The maximum absolute atomic E-state index is 12.4. The number of nitrogens with two attached hydrogens (primary N) is 1. The lowest BCUT2D eigenvalue weighted by Crippen LogP contribution is -2.48. The highest BCUT2D eigenvalue weighted by Crippen LogP contribution is 2.43. The van der Waals surface area contributed by atoms with Crippen molar-refractivity contribution in [3.8, 4) is 6.07 Å². The van der Waals surface area contributed by atoms with E-state index in [1.54, 1.807) is 7.11 Å². The van der Waals surface area contributed by atoms with Crippen LogP contribution >= 0.6 is 11.8 Å². The third-order valence-electron chi connectivity index (χ3n) is 6.96. The molecule has 1 atom stereocenters. The van der Waals surface area contributed by atoms with Gasteiger partial charge in [-0.15, -0.1) is 0 Å². The first-order chi connectivity index (χ1) is 17.6. The van der Waals surface area contributed by atoms with Crippen LogP contribution in [-0.2, 0) is 16.0 Å². The van der Waals surface area contributed by atoms with Crippen LogP contribution < -0.4 is 10.6 Å². The number of thioether (sulfide) groups is 1. The Morgan fingerprint density at radius 2 is 2.03 bits per heavy atom. The summed E-state index contributed by atoms with van der Waals surface area (Å²) in [6.07, 6.45) is 2.36. The molecule has 0 spiro atoms. The number of nitrogens with zero attached hydrogens (tertiary/aromatic N) is 5. The summed E-state index contributed by atoms with van der Waals surface area (Å²) < 4.78 is 5.60. The van der Waals surface area contributed by atoms with Gasteiger partial charge in [0.15, 0.2) is 0 Å². The number of pyridine rings is 1. The van der Waals surface area contributed by atoms with Gasteiger partial charge in [0.1, 0.15) is 22.2 Å². The second-order valence-electron chi connectivity index (χ2n) is 9.93. The van der Waals surface area contributed by atoms with Gasteiger partial charge in [0, 0.05) is 32.8 Å². The summed E-state index contributed by atoms with van der Waals surface area (Å²) in [5, 5.41) is 9.78. The number of piperidine rings is 1. The lowest BCUT2D eigenvalue weighted by atomic mass is 10.00. The quantitative estimate of drug-likeness (QED) is 0.358. The molecule has 196 valence electrons. The highest BCUT2D eigenvalue weighted by molar-refractivity contribution is 8.00. The number of amides is 1. The molecule has 2 heterocycles. The van der Waals surface area contributed by atoms with Crippen LogP contribution in [0.5, 0.6) is 0 Å². The average molecular weight is 521 g/mol. The number of benzene rings is 1. The highest BCUT2D eigenvalue weighted by atomic mass is 32.2. The zero-order valence-electron chi connectivity index (χ0n) is 22.3. The lowest BCUT2D eigenvalue weighted by Gasteiger charge is -2.40. The number of likely N-dealkylation sites (N-methyl/N-ethyl adjacent to an activating group) is 1. The maximum Gasteiger partial charge on any atom is 0.235 e. The number of aromatic nitrogens is 1. The molecule has 3 rings (SSSR count). The van der Waals surface area contributed by atoms with Crippen molar-refractivity contribution in [1.82, 2.24) is 9.88 Å². The van der Waals surface area contributed by atoms with Crippen LogP contribution in [0.1, 0.15) is 55.6 Å². The number of methoxy groups -OCH3 is 1. The van der Waals surface area contributed by atoms with Crippen LogP contribution in [0, 0.1) is 17.9 Å². The smallest absolute Gasteiger partial charge is 0.235 e. The van der Waals surface area contributed by atoms with Crippen LogP contribution in [0.25, 0.3) is 4.85 Å². The van der Waals surface area contributed by atoms with Crippen LogP contribution in [-0.4, -0.2) is 61.2 Å². The predicted molar refractivity (Wildman–Crippen MR) is 148 cm³/mol. The topological polar surface area (TPSA) is 99.8 Å². The minimum Gasteiger partial charge on any atom is -0.377 e. The molecule has 1 saturated heterocycles. The molecule has 37 heavy (non-hydrogen) atoms. The van der Waals surface area contributed by atoms with E-state index in [1.165, 1.54) is 11.8 Å². The number of carbonyl (C=O) groups excluding carboxylic acids is 1. The summed E-state index contributed by atoms with van der Waals surface area (Å²) in [6, 6.07) is 11.9. The Morgan fingerprint density at radius 1 is 1.38 bits per heavy atom. The van der Waals surface area contributed by atoms with E-state index >= 15 is 0 Å². The predicted octanol–water partition coefficient (Wildman–Crippen LogP) is 4.71. The number of ether oxygens (including phenoxy) is 1. The molecule has 1 aliphatic rings. The molecule has 1 aromatic carbocycles. The number of anilines is 1. The fraction of sp³-hybridized carbons (Fsp3) is 0.500. The van der Waals surface area contributed by atoms with E-state index in [0.717, 1.165) is 38.0 Å². The van der Waals surface area contributed by atoms with E-state index < -0.39 is 11.2 Å². The fourth-order valence-corrected chi connectivity index (χ4v) is 5.87. The Bertz CT molecular complexity index is 1180.